The molecule has 0 radical (unpaired) electrons. The lowest BCUT2D eigenvalue weighted by Crippen LogP contribution is -2.51. The van der Waals surface area contributed by atoms with Gasteiger partial charge in [-0.2, -0.15) is 4.31 Å². The minimum Gasteiger partial charge on any atom is -0.348 e. The van der Waals surface area contributed by atoms with E-state index in [4.69, 9.17) is 11.6 Å². The van der Waals surface area contributed by atoms with Crippen LogP contribution in [0, 0.1) is 13.8 Å². The summed E-state index contributed by atoms with van der Waals surface area (Å²) in [5, 5.41) is 3.26. The first-order valence-electron chi connectivity index (χ1n) is 10.0. The van der Waals surface area contributed by atoms with Gasteiger partial charge in [0.15, 0.2) is 0 Å². The van der Waals surface area contributed by atoms with E-state index < -0.39 is 10.0 Å². The van der Waals surface area contributed by atoms with Gasteiger partial charge in [-0.15, -0.1) is 0 Å². The van der Waals surface area contributed by atoms with Gasteiger partial charge in [-0.3, -0.25) is 9.69 Å². The summed E-state index contributed by atoms with van der Waals surface area (Å²) in [5.41, 5.74) is 3.49. The highest BCUT2D eigenvalue weighted by Gasteiger charge is 2.30. The fourth-order valence-corrected chi connectivity index (χ4v) is 5.44. The molecule has 3 rings (SSSR count). The largest absolute Gasteiger partial charge is 0.348 e. The summed E-state index contributed by atoms with van der Waals surface area (Å²) in [6.45, 7) is 7.98. The highest BCUT2D eigenvalue weighted by Crippen LogP contribution is 2.25. The first-order chi connectivity index (χ1) is 14.2. The van der Waals surface area contributed by atoms with E-state index >= 15 is 0 Å². The van der Waals surface area contributed by atoms with Crippen LogP contribution in [-0.4, -0.2) is 56.3 Å². The molecular formula is C22H28ClN3O3S. The quantitative estimate of drug-likeness (QED) is 0.735. The monoisotopic (exact) mass is 449 g/mol. The standard InChI is InChI=1S/C22H28ClN3O3S/c1-16-8-9-19(14-17(16)2)18(3)24-22(27)15-25-10-12-26(13-11-25)30(28,29)21-7-5-4-6-20(21)23/h4-9,14,18H,10-13,15H2,1-3H3,(H,24,27). The summed E-state index contributed by atoms with van der Waals surface area (Å²) >= 11 is 6.07. The summed E-state index contributed by atoms with van der Waals surface area (Å²) in [6, 6.07) is 12.6. The van der Waals surface area contributed by atoms with E-state index in [9.17, 15) is 13.2 Å². The highest BCUT2D eigenvalue weighted by molar-refractivity contribution is 7.89. The van der Waals surface area contributed by atoms with Crippen molar-refractivity contribution in [3.63, 3.8) is 0 Å². The predicted molar refractivity (Wildman–Crippen MR) is 119 cm³/mol. The van der Waals surface area contributed by atoms with Crippen molar-refractivity contribution in [3.05, 3.63) is 64.2 Å². The molecule has 0 aliphatic carbocycles. The van der Waals surface area contributed by atoms with Gasteiger partial charge < -0.3 is 5.32 Å². The molecule has 2 aromatic carbocycles. The van der Waals surface area contributed by atoms with Crippen molar-refractivity contribution < 1.29 is 13.2 Å². The Labute approximate surface area is 183 Å². The van der Waals surface area contributed by atoms with Gasteiger partial charge in [-0.25, -0.2) is 8.42 Å². The van der Waals surface area contributed by atoms with Gasteiger partial charge in [0.25, 0.3) is 0 Å². The van der Waals surface area contributed by atoms with E-state index in [1.54, 1.807) is 18.2 Å². The molecule has 1 N–H and O–H groups in total. The number of nitrogens with one attached hydrogen (secondary N) is 1. The van der Waals surface area contributed by atoms with Crippen LogP contribution < -0.4 is 5.32 Å². The average Bonchev–Trinajstić information content (AvgIpc) is 2.70. The van der Waals surface area contributed by atoms with E-state index in [1.165, 1.54) is 21.5 Å². The molecule has 30 heavy (non-hydrogen) atoms. The van der Waals surface area contributed by atoms with Gasteiger partial charge in [-0.05, 0) is 49.6 Å². The van der Waals surface area contributed by atoms with Crippen molar-refractivity contribution in [2.75, 3.05) is 32.7 Å². The van der Waals surface area contributed by atoms with Crippen LogP contribution in [-0.2, 0) is 14.8 Å². The number of aryl methyl sites for hydroxylation is 2. The van der Waals surface area contributed by atoms with Crippen molar-refractivity contribution in [2.24, 2.45) is 0 Å². The third-order valence-corrected chi connectivity index (χ3v) is 7.96. The van der Waals surface area contributed by atoms with Gasteiger partial charge in [0.1, 0.15) is 4.90 Å². The number of sulfonamides is 1. The van der Waals surface area contributed by atoms with Crippen LogP contribution in [0.15, 0.2) is 47.4 Å². The molecule has 162 valence electrons. The molecule has 0 aromatic heterocycles. The molecule has 1 heterocycles. The van der Waals surface area contributed by atoms with Crippen molar-refractivity contribution in [1.82, 2.24) is 14.5 Å². The fourth-order valence-electron chi connectivity index (χ4n) is 3.53. The number of halogens is 1. The number of hydrogen-bond acceptors (Lipinski definition) is 4. The Morgan fingerprint density at radius 1 is 1.07 bits per heavy atom. The number of benzene rings is 2. The topological polar surface area (TPSA) is 69.7 Å². The Kier molecular flexibility index (Phi) is 7.18. The Morgan fingerprint density at radius 2 is 1.73 bits per heavy atom. The SMILES string of the molecule is Cc1ccc(C(C)NC(=O)CN2CCN(S(=O)(=O)c3ccccc3Cl)CC2)cc1C. The Balaban J connectivity index is 1.53. The lowest BCUT2D eigenvalue weighted by molar-refractivity contribution is -0.123. The zero-order valence-electron chi connectivity index (χ0n) is 17.6. The molecule has 1 atom stereocenters. The third kappa shape index (κ3) is 5.21. The zero-order chi connectivity index (χ0) is 21.9. The van der Waals surface area contributed by atoms with E-state index in [-0.39, 0.29) is 28.4 Å². The smallest absolute Gasteiger partial charge is 0.244 e. The molecular weight excluding hydrogens is 422 g/mol. The fraction of sp³-hybridized carbons (Fsp3) is 0.409. The maximum absolute atomic E-state index is 12.8. The van der Waals surface area contributed by atoms with Crippen molar-refractivity contribution in [2.45, 2.75) is 31.7 Å². The molecule has 1 fully saturated rings. The van der Waals surface area contributed by atoms with E-state index in [0.717, 1.165) is 5.56 Å². The molecule has 6 nitrogen and oxygen atoms in total. The van der Waals surface area contributed by atoms with Crippen LogP contribution >= 0.6 is 11.6 Å². The van der Waals surface area contributed by atoms with Crippen molar-refractivity contribution in [3.8, 4) is 0 Å². The second-order valence-electron chi connectivity index (χ2n) is 7.74. The maximum atomic E-state index is 12.8. The summed E-state index contributed by atoms with van der Waals surface area (Å²) in [4.78, 5) is 14.6. The minimum absolute atomic E-state index is 0.0665. The van der Waals surface area contributed by atoms with Crippen LogP contribution in [0.5, 0.6) is 0 Å². The maximum Gasteiger partial charge on any atom is 0.244 e. The van der Waals surface area contributed by atoms with Crippen LogP contribution in [0.4, 0.5) is 0 Å². The van der Waals surface area contributed by atoms with Crippen LogP contribution in [0.2, 0.25) is 5.02 Å². The average molecular weight is 450 g/mol. The highest BCUT2D eigenvalue weighted by atomic mass is 35.5. The van der Waals surface area contributed by atoms with Crippen LogP contribution in [0.25, 0.3) is 0 Å². The molecule has 0 spiro atoms. The van der Waals surface area contributed by atoms with Crippen molar-refractivity contribution in [1.29, 1.82) is 0 Å². The molecule has 1 amide bonds. The number of hydrogen-bond donors (Lipinski definition) is 1. The van der Waals surface area contributed by atoms with E-state index in [2.05, 4.69) is 31.3 Å². The molecule has 0 bridgehead atoms. The number of rotatable bonds is 6. The summed E-state index contributed by atoms with van der Waals surface area (Å²) < 4.78 is 27.1. The second-order valence-corrected chi connectivity index (χ2v) is 10.1. The molecule has 1 unspecified atom stereocenters. The molecule has 8 heteroatoms. The molecule has 0 saturated carbocycles. The van der Waals surface area contributed by atoms with E-state index in [0.29, 0.717) is 26.2 Å². The number of amides is 1. The lowest BCUT2D eigenvalue weighted by Gasteiger charge is -2.33. The number of carbonyl (C=O) groups excluding carboxylic acids is 1. The molecule has 1 saturated heterocycles. The predicted octanol–water partition coefficient (Wildman–Crippen LogP) is 3.14. The normalized spacial score (nSPS) is 16.9. The Morgan fingerprint density at radius 3 is 2.37 bits per heavy atom. The number of nitrogens with zero attached hydrogens (tertiary/aromatic N) is 2. The van der Waals surface area contributed by atoms with Gasteiger partial charge >= 0.3 is 0 Å². The minimum atomic E-state index is -3.63. The van der Waals surface area contributed by atoms with Gasteiger partial charge in [0, 0.05) is 26.2 Å². The first-order valence-corrected chi connectivity index (χ1v) is 11.8. The first kappa shape index (κ1) is 22.7. The van der Waals surface area contributed by atoms with Gasteiger partial charge in [-0.1, -0.05) is 41.9 Å². The Bertz CT molecular complexity index is 1020. The lowest BCUT2D eigenvalue weighted by atomic mass is 10.0. The zero-order valence-corrected chi connectivity index (χ0v) is 19.1. The summed E-state index contributed by atoms with van der Waals surface area (Å²) in [7, 11) is -3.63. The Hall–Kier alpha value is -1.93. The summed E-state index contributed by atoms with van der Waals surface area (Å²) in [6.07, 6.45) is 0. The molecule has 1 aliphatic heterocycles. The van der Waals surface area contributed by atoms with Gasteiger partial charge in [0.2, 0.25) is 15.9 Å². The number of carbonyl (C=O) groups is 1. The van der Waals surface area contributed by atoms with Crippen molar-refractivity contribution >= 4 is 27.5 Å². The second kappa shape index (κ2) is 9.47. The number of piperazine rings is 1. The van der Waals surface area contributed by atoms with E-state index in [1.807, 2.05) is 17.9 Å². The molecule has 2 aromatic rings. The van der Waals surface area contributed by atoms with Gasteiger partial charge in [0.05, 0.1) is 17.6 Å². The molecule has 1 aliphatic rings. The van der Waals surface area contributed by atoms with Crippen LogP contribution in [0.1, 0.15) is 29.7 Å². The van der Waals surface area contributed by atoms with Crippen LogP contribution in [0.3, 0.4) is 0 Å². The summed E-state index contributed by atoms with van der Waals surface area (Å²) in [5.74, 6) is -0.0665. The third-order valence-electron chi connectivity index (χ3n) is 5.56.